The van der Waals surface area contributed by atoms with Crippen LogP contribution in [-0.4, -0.2) is 68.6 Å². The summed E-state index contributed by atoms with van der Waals surface area (Å²) in [5.41, 5.74) is 4.09. The summed E-state index contributed by atoms with van der Waals surface area (Å²) in [6, 6.07) is 0. The van der Waals surface area contributed by atoms with Gasteiger partial charge in [-0.15, -0.1) is 0 Å². The van der Waals surface area contributed by atoms with E-state index in [2.05, 4.69) is 6.58 Å². The zero-order chi connectivity index (χ0) is 32.1. The number of allylic oxidation sites excluding steroid dienone is 3. The van der Waals surface area contributed by atoms with Crippen LogP contribution in [0.4, 0.5) is 4.79 Å². The summed E-state index contributed by atoms with van der Waals surface area (Å²) in [4.78, 5) is 23.8. The van der Waals surface area contributed by atoms with Crippen LogP contribution in [0.1, 0.15) is 68.2 Å². The molecular weight excluding hydrogens is 538 g/mol. The monoisotopic (exact) mass is 593 g/mol. The highest BCUT2D eigenvalue weighted by Crippen LogP contribution is 2.49. The number of hydrogen-bond donors (Lipinski definition) is 5. The Labute approximate surface area is 251 Å². The summed E-state index contributed by atoms with van der Waals surface area (Å²) < 4.78 is 11.0. The second-order valence-electron chi connectivity index (χ2n) is 13.4. The van der Waals surface area contributed by atoms with Crippen LogP contribution in [-0.2, 0) is 14.3 Å². The van der Waals surface area contributed by atoms with Gasteiger partial charge < -0.3 is 35.6 Å². The minimum Gasteiger partial charge on any atom is -0.461 e. The molecule has 9 nitrogen and oxygen atoms in total. The summed E-state index contributed by atoms with van der Waals surface area (Å²) in [7, 11) is 0. The van der Waals surface area contributed by atoms with Gasteiger partial charge in [-0.3, -0.25) is 4.79 Å². The number of esters is 1. The van der Waals surface area contributed by atoms with Crippen LogP contribution in [0.15, 0.2) is 37.0 Å². The molecule has 1 saturated carbocycles. The SMILES string of the molecule is C=C/C=C\[C@H](C)[C@H](OC(N)=O)[C@@H](C)[C@H](O)[C@@H](C)C[C@](C)(O)[C@@H]1[C@H](C)[C@@H](O)[C@@H](C)[C@H]1/C=C/C[C@@H]1OC(=O)[C@H](C)[C@@H](O)[C@H]1C. The molecule has 42 heavy (non-hydrogen) atoms. The van der Waals surface area contributed by atoms with Crippen molar-refractivity contribution in [3.8, 4) is 0 Å². The fourth-order valence-corrected chi connectivity index (χ4v) is 7.50. The lowest BCUT2D eigenvalue weighted by Gasteiger charge is -2.41. The highest BCUT2D eigenvalue weighted by molar-refractivity contribution is 5.73. The molecule has 0 spiro atoms. The number of amides is 1. The van der Waals surface area contributed by atoms with E-state index in [-0.39, 0.29) is 47.8 Å². The van der Waals surface area contributed by atoms with Crippen LogP contribution in [0.5, 0.6) is 0 Å². The first-order valence-corrected chi connectivity index (χ1v) is 15.3. The number of carbonyl (C=O) groups is 2. The van der Waals surface area contributed by atoms with Gasteiger partial charge in [0.05, 0.1) is 29.8 Å². The number of nitrogens with two attached hydrogens (primary N) is 1. The second-order valence-corrected chi connectivity index (χ2v) is 13.4. The van der Waals surface area contributed by atoms with E-state index in [1.807, 2.05) is 52.8 Å². The van der Waals surface area contributed by atoms with Gasteiger partial charge >= 0.3 is 12.1 Å². The van der Waals surface area contributed by atoms with E-state index >= 15 is 0 Å². The number of primary amides is 1. The van der Waals surface area contributed by atoms with Gasteiger partial charge in [0.25, 0.3) is 0 Å². The van der Waals surface area contributed by atoms with Crippen molar-refractivity contribution in [1.29, 1.82) is 0 Å². The number of aliphatic hydroxyl groups is 4. The highest BCUT2D eigenvalue weighted by Gasteiger charge is 2.52. The van der Waals surface area contributed by atoms with Crippen molar-refractivity contribution in [3.63, 3.8) is 0 Å². The zero-order valence-corrected chi connectivity index (χ0v) is 26.6. The Bertz CT molecular complexity index is 979. The maximum Gasteiger partial charge on any atom is 0.404 e. The standard InChI is InChI=1S/C33H55NO8/c1-10-11-13-17(2)30(42-32(34)39)22(7)27(35)18(3)16-33(9,40)26-21(6)28(36)19(4)24(26)14-12-15-25-20(5)29(37)23(8)31(38)41-25/h10-14,17-30,35-37,40H,1,15-16H2,2-9H3,(H2,34,39)/b13-11-,14-12+/t17-,18-,19-,20-,21-,22-,23+,24+,25-,26+,27+,28-,29-,30-,33-/m0/s1. The highest BCUT2D eigenvalue weighted by atomic mass is 16.6. The number of carbonyl (C=O) groups excluding carboxylic acids is 2. The van der Waals surface area contributed by atoms with E-state index in [0.29, 0.717) is 6.42 Å². The number of aliphatic hydroxyl groups excluding tert-OH is 3. The van der Waals surface area contributed by atoms with Crippen LogP contribution >= 0.6 is 0 Å². The van der Waals surface area contributed by atoms with Crippen LogP contribution in [0, 0.1) is 53.3 Å². The fraction of sp³-hybridized carbons (Fsp3) is 0.758. The predicted molar refractivity (Wildman–Crippen MR) is 162 cm³/mol. The molecule has 15 atom stereocenters. The molecule has 1 aliphatic carbocycles. The van der Waals surface area contributed by atoms with Gasteiger partial charge in [0, 0.05) is 24.2 Å². The lowest BCUT2D eigenvalue weighted by atomic mass is 9.70. The van der Waals surface area contributed by atoms with Crippen LogP contribution in [0.25, 0.3) is 0 Å². The summed E-state index contributed by atoms with van der Waals surface area (Å²) in [6.45, 7) is 18.4. The molecule has 0 unspecified atom stereocenters. The van der Waals surface area contributed by atoms with E-state index in [4.69, 9.17) is 15.2 Å². The third-order valence-electron chi connectivity index (χ3n) is 10.1. The van der Waals surface area contributed by atoms with E-state index in [1.54, 1.807) is 32.9 Å². The Morgan fingerprint density at radius 1 is 1.12 bits per heavy atom. The van der Waals surface area contributed by atoms with Crippen LogP contribution < -0.4 is 5.73 Å². The van der Waals surface area contributed by atoms with Gasteiger partial charge in [-0.2, -0.15) is 0 Å². The first-order chi connectivity index (χ1) is 19.5. The third kappa shape index (κ3) is 8.24. The van der Waals surface area contributed by atoms with Crippen molar-refractivity contribution in [3.05, 3.63) is 37.0 Å². The summed E-state index contributed by atoms with van der Waals surface area (Å²) in [5, 5.41) is 44.7. The Balaban J connectivity index is 2.21. The molecule has 9 heteroatoms. The van der Waals surface area contributed by atoms with Crippen molar-refractivity contribution < 1.29 is 39.5 Å². The Hall–Kier alpha value is -2.20. The first-order valence-electron chi connectivity index (χ1n) is 15.3. The van der Waals surface area contributed by atoms with E-state index < -0.39 is 60.0 Å². The molecular formula is C33H55NO8. The van der Waals surface area contributed by atoms with Gasteiger partial charge in [0.1, 0.15) is 12.2 Å². The van der Waals surface area contributed by atoms with Crippen molar-refractivity contribution in [1.82, 2.24) is 0 Å². The molecule has 240 valence electrons. The molecule has 2 aliphatic rings. The molecule has 0 aromatic rings. The van der Waals surface area contributed by atoms with Crippen LogP contribution in [0.3, 0.4) is 0 Å². The topological polar surface area (TPSA) is 160 Å². The van der Waals surface area contributed by atoms with Gasteiger partial charge in [0.2, 0.25) is 0 Å². The second kappa shape index (κ2) is 15.0. The molecule has 0 aromatic heterocycles. The normalized spacial score (nSPS) is 37.0. The Morgan fingerprint density at radius 2 is 1.74 bits per heavy atom. The lowest BCUT2D eigenvalue weighted by molar-refractivity contribution is -0.176. The Kier molecular flexibility index (Phi) is 12.9. The van der Waals surface area contributed by atoms with E-state index in [1.165, 1.54) is 0 Å². The maximum absolute atomic E-state index is 12.2. The predicted octanol–water partition coefficient (Wildman–Crippen LogP) is 3.99. The number of ether oxygens (including phenoxy) is 2. The average Bonchev–Trinajstić information content (AvgIpc) is 3.14. The molecule has 1 heterocycles. The average molecular weight is 594 g/mol. The molecule has 1 aliphatic heterocycles. The van der Waals surface area contributed by atoms with Crippen molar-refractivity contribution in [2.45, 2.75) is 104 Å². The largest absolute Gasteiger partial charge is 0.461 e. The number of cyclic esters (lactones) is 1. The molecule has 1 amide bonds. The third-order valence-corrected chi connectivity index (χ3v) is 10.1. The van der Waals surface area contributed by atoms with Crippen molar-refractivity contribution in [2.75, 3.05) is 0 Å². The van der Waals surface area contributed by atoms with Crippen molar-refractivity contribution >= 4 is 12.1 Å². The summed E-state index contributed by atoms with van der Waals surface area (Å²) in [6.07, 6.45) is 5.44. The molecule has 0 aromatic carbocycles. The minimum atomic E-state index is -1.25. The summed E-state index contributed by atoms with van der Waals surface area (Å²) in [5.74, 6) is -3.09. The van der Waals surface area contributed by atoms with Gasteiger partial charge in [-0.1, -0.05) is 78.5 Å². The smallest absolute Gasteiger partial charge is 0.404 e. The number of rotatable bonds is 13. The molecule has 0 radical (unpaired) electrons. The zero-order valence-electron chi connectivity index (χ0n) is 26.6. The van der Waals surface area contributed by atoms with Crippen LogP contribution in [0.2, 0.25) is 0 Å². The Morgan fingerprint density at radius 3 is 2.31 bits per heavy atom. The lowest BCUT2D eigenvalue weighted by Crippen LogP contribution is -2.46. The van der Waals surface area contributed by atoms with E-state index in [9.17, 15) is 30.0 Å². The summed E-state index contributed by atoms with van der Waals surface area (Å²) >= 11 is 0. The molecule has 1 saturated heterocycles. The number of hydrogen-bond acceptors (Lipinski definition) is 8. The molecule has 0 bridgehead atoms. The minimum absolute atomic E-state index is 0.130. The van der Waals surface area contributed by atoms with Gasteiger partial charge in [-0.25, -0.2) is 4.79 Å². The van der Waals surface area contributed by atoms with Gasteiger partial charge in [0.15, 0.2) is 0 Å². The van der Waals surface area contributed by atoms with E-state index in [0.717, 1.165) is 0 Å². The molecule has 2 rings (SSSR count). The quantitative estimate of drug-likeness (QED) is 0.122. The molecule has 2 fully saturated rings. The molecule has 6 N–H and O–H groups in total. The fourth-order valence-electron chi connectivity index (χ4n) is 7.50. The van der Waals surface area contributed by atoms with Crippen molar-refractivity contribution in [2.24, 2.45) is 59.0 Å². The first kappa shape index (κ1) is 36.0. The maximum atomic E-state index is 12.2. The van der Waals surface area contributed by atoms with Gasteiger partial charge in [-0.05, 0) is 49.9 Å².